The molecule has 0 radical (unpaired) electrons. The Morgan fingerprint density at radius 3 is 2.46 bits per heavy atom. The first-order valence-electron chi connectivity index (χ1n) is 7.71. The average molecular weight is 327 g/mol. The van der Waals surface area contributed by atoms with Crippen molar-refractivity contribution < 1.29 is 14.0 Å². The largest absolute Gasteiger partial charge is 0.333 e. The molecule has 1 fully saturated rings. The number of nitrogens with zero attached hydrogens (tertiary/aromatic N) is 1. The van der Waals surface area contributed by atoms with Gasteiger partial charge in [-0.1, -0.05) is 17.7 Å². The molecule has 2 aromatic carbocycles. The van der Waals surface area contributed by atoms with Crippen molar-refractivity contribution in [2.45, 2.75) is 19.4 Å². The Kier molecular flexibility index (Phi) is 4.46. The van der Waals surface area contributed by atoms with Crippen LogP contribution in [0.5, 0.6) is 0 Å². The molecule has 3 amide bonds. The van der Waals surface area contributed by atoms with Crippen LogP contribution in [0.15, 0.2) is 48.5 Å². The van der Waals surface area contributed by atoms with Gasteiger partial charge in [-0.25, -0.2) is 9.18 Å². The van der Waals surface area contributed by atoms with E-state index in [4.69, 9.17) is 0 Å². The summed E-state index contributed by atoms with van der Waals surface area (Å²) in [5, 5.41) is 5.40. The van der Waals surface area contributed by atoms with Gasteiger partial charge in [0.15, 0.2) is 0 Å². The minimum absolute atomic E-state index is 0.0223. The van der Waals surface area contributed by atoms with E-state index in [1.165, 1.54) is 24.3 Å². The van der Waals surface area contributed by atoms with Crippen LogP contribution in [0.3, 0.4) is 0 Å². The van der Waals surface area contributed by atoms with Gasteiger partial charge in [-0.05, 0) is 43.3 Å². The molecule has 0 saturated carbocycles. The van der Waals surface area contributed by atoms with Gasteiger partial charge >= 0.3 is 6.03 Å². The molecule has 1 atom stereocenters. The van der Waals surface area contributed by atoms with Gasteiger partial charge in [0.25, 0.3) is 0 Å². The van der Waals surface area contributed by atoms with Gasteiger partial charge in [0.05, 0.1) is 6.04 Å². The summed E-state index contributed by atoms with van der Waals surface area (Å²) in [6.45, 7) is 2.42. The third kappa shape index (κ3) is 3.71. The second-order valence-electron chi connectivity index (χ2n) is 5.85. The summed E-state index contributed by atoms with van der Waals surface area (Å²) >= 11 is 0. The van der Waals surface area contributed by atoms with Crippen molar-refractivity contribution in [2.24, 2.45) is 0 Å². The Hall–Kier alpha value is -2.89. The van der Waals surface area contributed by atoms with E-state index in [2.05, 4.69) is 10.6 Å². The SMILES string of the molecule is Cc1ccc(N2C[C@@H](NC(=O)Nc3ccc(F)cc3)CC2=O)cc1. The van der Waals surface area contributed by atoms with Crippen LogP contribution in [0.1, 0.15) is 12.0 Å². The zero-order valence-electron chi connectivity index (χ0n) is 13.3. The standard InChI is InChI=1S/C18H18FN3O2/c1-12-2-8-16(9-3-12)22-11-15(10-17(22)23)21-18(24)20-14-6-4-13(19)5-7-14/h2-9,15H,10-11H2,1H3,(H2,20,21,24)/t15-/m0/s1. The van der Waals surface area contributed by atoms with Crippen molar-refractivity contribution in [1.82, 2.24) is 5.32 Å². The first-order valence-corrected chi connectivity index (χ1v) is 7.71. The van der Waals surface area contributed by atoms with Gasteiger partial charge in [0.1, 0.15) is 5.82 Å². The molecule has 1 aliphatic rings. The number of anilines is 2. The number of amides is 3. The second kappa shape index (κ2) is 6.70. The summed E-state index contributed by atoms with van der Waals surface area (Å²) in [5.41, 5.74) is 2.45. The molecule has 1 heterocycles. The fourth-order valence-corrected chi connectivity index (χ4v) is 2.66. The van der Waals surface area contributed by atoms with E-state index in [9.17, 15) is 14.0 Å². The minimum atomic E-state index is -0.412. The quantitative estimate of drug-likeness (QED) is 0.910. The lowest BCUT2D eigenvalue weighted by Gasteiger charge is -2.17. The first-order chi connectivity index (χ1) is 11.5. The van der Waals surface area contributed by atoms with Crippen molar-refractivity contribution in [3.63, 3.8) is 0 Å². The zero-order valence-corrected chi connectivity index (χ0v) is 13.3. The Bertz CT molecular complexity index is 744. The van der Waals surface area contributed by atoms with Gasteiger partial charge in [0.2, 0.25) is 5.91 Å². The van der Waals surface area contributed by atoms with Crippen LogP contribution in [0.2, 0.25) is 0 Å². The van der Waals surface area contributed by atoms with Gasteiger partial charge < -0.3 is 15.5 Å². The van der Waals surface area contributed by atoms with Crippen LogP contribution in [-0.2, 0) is 4.79 Å². The van der Waals surface area contributed by atoms with E-state index < -0.39 is 6.03 Å². The summed E-state index contributed by atoms with van der Waals surface area (Å²) in [5.74, 6) is -0.387. The number of urea groups is 1. The number of benzene rings is 2. The molecule has 5 nitrogen and oxygen atoms in total. The average Bonchev–Trinajstić information content (AvgIpc) is 2.90. The van der Waals surface area contributed by atoms with Crippen LogP contribution in [0, 0.1) is 12.7 Å². The van der Waals surface area contributed by atoms with E-state index in [1.54, 1.807) is 4.90 Å². The third-order valence-electron chi connectivity index (χ3n) is 3.91. The maximum Gasteiger partial charge on any atom is 0.319 e. The Balaban J connectivity index is 1.58. The molecule has 0 unspecified atom stereocenters. The first kappa shape index (κ1) is 16.0. The number of carbonyl (C=O) groups is 2. The maximum atomic E-state index is 12.9. The van der Waals surface area contributed by atoms with Crippen molar-refractivity contribution in [3.05, 3.63) is 59.9 Å². The number of aryl methyl sites for hydroxylation is 1. The lowest BCUT2D eigenvalue weighted by atomic mass is 10.2. The van der Waals surface area contributed by atoms with Crippen LogP contribution in [0.4, 0.5) is 20.6 Å². The highest BCUT2D eigenvalue weighted by molar-refractivity contribution is 5.97. The summed E-state index contributed by atoms with van der Waals surface area (Å²) in [7, 11) is 0. The van der Waals surface area contributed by atoms with Gasteiger partial charge in [-0.15, -0.1) is 0 Å². The monoisotopic (exact) mass is 327 g/mol. The molecule has 1 aliphatic heterocycles. The van der Waals surface area contributed by atoms with Gasteiger partial charge in [-0.2, -0.15) is 0 Å². The molecule has 6 heteroatoms. The minimum Gasteiger partial charge on any atom is -0.333 e. The van der Waals surface area contributed by atoms with Crippen molar-refractivity contribution in [2.75, 3.05) is 16.8 Å². The summed E-state index contributed by atoms with van der Waals surface area (Å²) < 4.78 is 12.9. The molecule has 3 rings (SSSR count). The van der Waals surface area contributed by atoms with Crippen molar-refractivity contribution >= 4 is 23.3 Å². The predicted octanol–water partition coefficient (Wildman–Crippen LogP) is 3.06. The molecule has 1 saturated heterocycles. The lowest BCUT2D eigenvalue weighted by molar-refractivity contribution is -0.117. The maximum absolute atomic E-state index is 12.9. The molecule has 124 valence electrons. The molecule has 0 aliphatic carbocycles. The number of rotatable bonds is 3. The molecule has 0 bridgehead atoms. The van der Waals surface area contributed by atoms with Crippen LogP contribution < -0.4 is 15.5 Å². The van der Waals surface area contributed by atoms with Crippen molar-refractivity contribution in [3.8, 4) is 0 Å². The van der Waals surface area contributed by atoms with Crippen LogP contribution >= 0.6 is 0 Å². The number of nitrogens with one attached hydrogen (secondary N) is 2. The number of hydrogen-bond donors (Lipinski definition) is 2. The molecule has 2 aromatic rings. The van der Waals surface area contributed by atoms with E-state index in [0.29, 0.717) is 12.2 Å². The van der Waals surface area contributed by atoms with Gasteiger partial charge in [0, 0.05) is 24.3 Å². The summed E-state index contributed by atoms with van der Waals surface area (Å²) in [6, 6.07) is 12.5. The topological polar surface area (TPSA) is 61.4 Å². The van der Waals surface area contributed by atoms with E-state index in [0.717, 1.165) is 11.3 Å². The Morgan fingerprint density at radius 1 is 1.12 bits per heavy atom. The van der Waals surface area contributed by atoms with E-state index >= 15 is 0 Å². The molecular formula is C18H18FN3O2. The zero-order chi connectivity index (χ0) is 17.1. The normalized spacial score (nSPS) is 17.0. The highest BCUT2D eigenvalue weighted by Crippen LogP contribution is 2.22. The van der Waals surface area contributed by atoms with Crippen LogP contribution in [0.25, 0.3) is 0 Å². The fraction of sp³-hybridized carbons (Fsp3) is 0.222. The lowest BCUT2D eigenvalue weighted by Crippen LogP contribution is -2.39. The number of halogens is 1. The fourth-order valence-electron chi connectivity index (χ4n) is 2.66. The third-order valence-corrected chi connectivity index (χ3v) is 3.91. The van der Waals surface area contributed by atoms with Crippen LogP contribution in [-0.4, -0.2) is 24.5 Å². The highest BCUT2D eigenvalue weighted by atomic mass is 19.1. The van der Waals surface area contributed by atoms with Gasteiger partial charge in [-0.3, -0.25) is 4.79 Å². The Morgan fingerprint density at radius 2 is 1.79 bits per heavy atom. The molecule has 0 spiro atoms. The Labute approximate surface area is 139 Å². The summed E-state index contributed by atoms with van der Waals surface area (Å²) in [6.07, 6.45) is 0.255. The molecule has 24 heavy (non-hydrogen) atoms. The highest BCUT2D eigenvalue weighted by Gasteiger charge is 2.31. The molecule has 2 N–H and O–H groups in total. The van der Waals surface area contributed by atoms with E-state index in [-0.39, 0.29) is 24.2 Å². The number of carbonyl (C=O) groups excluding carboxylic acids is 2. The predicted molar refractivity (Wildman–Crippen MR) is 90.5 cm³/mol. The van der Waals surface area contributed by atoms with E-state index in [1.807, 2.05) is 31.2 Å². The van der Waals surface area contributed by atoms with Crippen molar-refractivity contribution in [1.29, 1.82) is 0 Å². The summed E-state index contributed by atoms with van der Waals surface area (Å²) in [4.78, 5) is 25.8. The number of hydrogen-bond acceptors (Lipinski definition) is 2. The second-order valence-corrected chi connectivity index (χ2v) is 5.85. The molecule has 0 aromatic heterocycles. The molecular weight excluding hydrogens is 309 g/mol. The smallest absolute Gasteiger partial charge is 0.319 e.